The first-order valence-electron chi connectivity index (χ1n) is 8.74. The van der Waals surface area contributed by atoms with Gasteiger partial charge in [-0.05, 0) is 45.3 Å². The van der Waals surface area contributed by atoms with Crippen LogP contribution in [0.15, 0.2) is 23.0 Å². The van der Waals surface area contributed by atoms with E-state index in [-0.39, 0.29) is 22.4 Å². The standard InChI is InChI=1S/C19H23FN2O3/c1-3-9-21-10-5-6-13(21)11-22-12(2)16(19(24)25)14-7-4-8-15(20)17(14)18(22)23/h4,7-8,13H,3,5-6,9-11H2,1-2H3,(H,24,25)/t13-/m1/s1. The molecular formula is C19H23FN2O3. The molecule has 1 N–H and O–H groups in total. The van der Waals surface area contributed by atoms with Crippen LogP contribution < -0.4 is 5.56 Å². The molecular weight excluding hydrogens is 323 g/mol. The number of rotatable bonds is 5. The van der Waals surface area contributed by atoms with Gasteiger partial charge in [-0.3, -0.25) is 9.69 Å². The second-order valence-corrected chi connectivity index (χ2v) is 6.68. The molecule has 1 aromatic carbocycles. The Hall–Kier alpha value is -2.21. The van der Waals surface area contributed by atoms with Crippen LogP contribution in [0.1, 0.15) is 42.2 Å². The summed E-state index contributed by atoms with van der Waals surface area (Å²) in [6, 6.07) is 4.32. The summed E-state index contributed by atoms with van der Waals surface area (Å²) < 4.78 is 15.7. The molecule has 1 saturated heterocycles. The number of aromatic nitrogens is 1. The Kier molecular flexibility index (Phi) is 4.90. The lowest BCUT2D eigenvalue weighted by Crippen LogP contribution is -2.38. The lowest BCUT2D eigenvalue weighted by Gasteiger charge is -2.26. The predicted molar refractivity (Wildman–Crippen MR) is 94.7 cm³/mol. The highest BCUT2D eigenvalue weighted by Gasteiger charge is 2.27. The van der Waals surface area contributed by atoms with E-state index in [0.29, 0.717) is 12.2 Å². The number of carboxylic acids is 1. The SMILES string of the molecule is CCCN1CCC[C@@H]1Cn1c(C)c(C(=O)O)c2cccc(F)c2c1=O. The van der Waals surface area contributed by atoms with Gasteiger partial charge >= 0.3 is 5.97 Å². The molecule has 0 aliphatic carbocycles. The molecule has 0 amide bonds. The maximum Gasteiger partial charge on any atom is 0.338 e. The van der Waals surface area contributed by atoms with E-state index in [1.165, 1.54) is 22.8 Å². The molecule has 1 aromatic heterocycles. The van der Waals surface area contributed by atoms with Gasteiger partial charge in [0.2, 0.25) is 0 Å². The number of likely N-dealkylation sites (tertiary alicyclic amines) is 1. The number of aromatic carboxylic acids is 1. The van der Waals surface area contributed by atoms with Crippen LogP contribution in [0.25, 0.3) is 10.8 Å². The van der Waals surface area contributed by atoms with E-state index in [2.05, 4.69) is 11.8 Å². The molecule has 3 rings (SSSR count). The number of fused-ring (bicyclic) bond motifs is 1. The Morgan fingerprint density at radius 2 is 2.16 bits per heavy atom. The number of pyridine rings is 1. The van der Waals surface area contributed by atoms with E-state index in [9.17, 15) is 19.1 Å². The minimum atomic E-state index is -1.14. The van der Waals surface area contributed by atoms with E-state index >= 15 is 0 Å². The van der Waals surface area contributed by atoms with Crippen LogP contribution in [0.3, 0.4) is 0 Å². The normalized spacial score (nSPS) is 18.1. The smallest absolute Gasteiger partial charge is 0.338 e. The first kappa shape index (κ1) is 17.6. The molecule has 5 nitrogen and oxygen atoms in total. The van der Waals surface area contributed by atoms with Gasteiger partial charge in [0.05, 0.1) is 10.9 Å². The van der Waals surface area contributed by atoms with E-state index in [1.54, 1.807) is 6.92 Å². The van der Waals surface area contributed by atoms with Crippen LogP contribution in [0.5, 0.6) is 0 Å². The van der Waals surface area contributed by atoms with Crippen molar-refractivity contribution in [3.05, 3.63) is 45.6 Å². The Morgan fingerprint density at radius 3 is 2.84 bits per heavy atom. The first-order chi connectivity index (χ1) is 12.0. The van der Waals surface area contributed by atoms with Crippen molar-refractivity contribution in [1.29, 1.82) is 0 Å². The first-order valence-corrected chi connectivity index (χ1v) is 8.74. The second kappa shape index (κ2) is 6.96. The number of nitrogens with zero attached hydrogens (tertiary/aromatic N) is 2. The van der Waals surface area contributed by atoms with Crippen LogP contribution in [0.2, 0.25) is 0 Å². The number of hydrogen-bond acceptors (Lipinski definition) is 3. The number of benzene rings is 1. The molecule has 134 valence electrons. The lowest BCUT2D eigenvalue weighted by atomic mass is 10.0. The Bertz CT molecular complexity index is 875. The summed E-state index contributed by atoms with van der Waals surface area (Å²) in [5.41, 5.74) is -0.0490. The third-order valence-electron chi connectivity index (χ3n) is 5.13. The van der Waals surface area contributed by atoms with Crippen molar-refractivity contribution in [1.82, 2.24) is 9.47 Å². The van der Waals surface area contributed by atoms with Crippen molar-refractivity contribution in [2.24, 2.45) is 0 Å². The monoisotopic (exact) mass is 346 g/mol. The Balaban J connectivity index is 2.17. The predicted octanol–water partition coefficient (Wildman–Crippen LogP) is 3.02. The quantitative estimate of drug-likeness (QED) is 0.904. The molecule has 2 heterocycles. The minimum Gasteiger partial charge on any atom is -0.478 e. The van der Waals surface area contributed by atoms with Gasteiger partial charge in [-0.25, -0.2) is 9.18 Å². The molecule has 0 bridgehead atoms. The lowest BCUT2D eigenvalue weighted by molar-refractivity contribution is 0.0697. The number of carboxylic acid groups (broad SMARTS) is 1. The van der Waals surface area contributed by atoms with E-state index in [1.807, 2.05) is 0 Å². The largest absolute Gasteiger partial charge is 0.478 e. The number of carbonyl (C=O) groups is 1. The van der Waals surface area contributed by atoms with Crippen molar-refractivity contribution in [2.45, 2.75) is 45.7 Å². The number of hydrogen-bond donors (Lipinski definition) is 1. The molecule has 2 aromatic rings. The van der Waals surface area contributed by atoms with Gasteiger partial charge < -0.3 is 9.67 Å². The second-order valence-electron chi connectivity index (χ2n) is 6.68. The highest BCUT2D eigenvalue weighted by Crippen LogP contribution is 2.24. The Morgan fingerprint density at radius 1 is 1.40 bits per heavy atom. The molecule has 1 atom stereocenters. The molecule has 1 fully saturated rings. The van der Waals surface area contributed by atoms with Gasteiger partial charge in [-0.15, -0.1) is 0 Å². The van der Waals surface area contributed by atoms with Crippen molar-refractivity contribution in [3.8, 4) is 0 Å². The molecule has 0 radical (unpaired) electrons. The van der Waals surface area contributed by atoms with Crippen molar-refractivity contribution in [3.63, 3.8) is 0 Å². The van der Waals surface area contributed by atoms with E-state index < -0.39 is 17.3 Å². The summed E-state index contributed by atoms with van der Waals surface area (Å²) in [6.45, 7) is 6.08. The molecule has 6 heteroatoms. The molecule has 0 spiro atoms. The highest BCUT2D eigenvalue weighted by molar-refractivity contribution is 6.04. The fourth-order valence-electron chi connectivity index (χ4n) is 3.95. The van der Waals surface area contributed by atoms with Crippen LogP contribution in [0, 0.1) is 12.7 Å². The van der Waals surface area contributed by atoms with Gasteiger partial charge in [0.15, 0.2) is 0 Å². The van der Waals surface area contributed by atoms with Crippen molar-refractivity contribution >= 4 is 16.7 Å². The van der Waals surface area contributed by atoms with Gasteiger partial charge in [0, 0.05) is 23.7 Å². The van der Waals surface area contributed by atoms with Crippen LogP contribution in [-0.2, 0) is 6.54 Å². The molecule has 1 aliphatic heterocycles. The van der Waals surface area contributed by atoms with Crippen LogP contribution >= 0.6 is 0 Å². The van der Waals surface area contributed by atoms with Crippen LogP contribution in [0.4, 0.5) is 4.39 Å². The zero-order chi connectivity index (χ0) is 18.1. The topological polar surface area (TPSA) is 62.5 Å². The van der Waals surface area contributed by atoms with Gasteiger partial charge in [0.1, 0.15) is 5.82 Å². The Labute approximate surface area is 145 Å². The van der Waals surface area contributed by atoms with Gasteiger partial charge in [-0.2, -0.15) is 0 Å². The van der Waals surface area contributed by atoms with E-state index in [4.69, 9.17) is 0 Å². The average molecular weight is 346 g/mol. The van der Waals surface area contributed by atoms with Gasteiger partial charge in [0.25, 0.3) is 5.56 Å². The molecule has 0 saturated carbocycles. The summed E-state index contributed by atoms with van der Waals surface area (Å²) in [4.78, 5) is 27.0. The summed E-state index contributed by atoms with van der Waals surface area (Å²) in [7, 11) is 0. The fraction of sp³-hybridized carbons (Fsp3) is 0.474. The highest BCUT2D eigenvalue weighted by atomic mass is 19.1. The van der Waals surface area contributed by atoms with E-state index in [0.717, 1.165) is 32.4 Å². The zero-order valence-corrected chi connectivity index (χ0v) is 14.6. The molecule has 25 heavy (non-hydrogen) atoms. The fourth-order valence-corrected chi connectivity index (χ4v) is 3.95. The summed E-state index contributed by atoms with van der Waals surface area (Å²) in [5.74, 6) is -1.81. The molecule has 0 unspecified atom stereocenters. The summed E-state index contributed by atoms with van der Waals surface area (Å²) >= 11 is 0. The average Bonchev–Trinajstić information content (AvgIpc) is 2.98. The third-order valence-corrected chi connectivity index (χ3v) is 5.13. The zero-order valence-electron chi connectivity index (χ0n) is 14.6. The maximum absolute atomic E-state index is 14.3. The molecule has 1 aliphatic rings. The van der Waals surface area contributed by atoms with Crippen molar-refractivity contribution in [2.75, 3.05) is 13.1 Å². The third kappa shape index (κ3) is 3.06. The van der Waals surface area contributed by atoms with Crippen LogP contribution in [-0.4, -0.2) is 39.7 Å². The summed E-state index contributed by atoms with van der Waals surface area (Å²) in [5, 5.41) is 9.65. The van der Waals surface area contributed by atoms with Crippen molar-refractivity contribution < 1.29 is 14.3 Å². The summed E-state index contributed by atoms with van der Waals surface area (Å²) in [6.07, 6.45) is 3.05. The minimum absolute atomic E-state index is 0.00846. The number of halogens is 1. The van der Waals surface area contributed by atoms with Gasteiger partial charge in [-0.1, -0.05) is 19.1 Å². The maximum atomic E-state index is 14.3.